The molecule has 0 aliphatic heterocycles. The Labute approximate surface area is 125 Å². The zero-order chi connectivity index (χ0) is 15.3. The summed E-state index contributed by atoms with van der Waals surface area (Å²) in [7, 11) is 5.78. The van der Waals surface area contributed by atoms with Gasteiger partial charge in [0.05, 0.1) is 0 Å². The highest BCUT2D eigenvalue weighted by molar-refractivity contribution is 6.29. The van der Waals surface area contributed by atoms with Crippen LogP contribution in [0.1, 0.15) is 24.2 Å². The van der Waals surface area contributed by atoms with Crippen molar-refractivity contribution in [3.8, 4) is 0 Å². The Kier molecular flexibility index (Phi) is 5.77. The quantitative estimate of drug-likeness (QED) is 0.790. The van der Waals surface area contributed by atoms with E-state index in [0.717, 1.165) is 6.54 Å². The van der Waals surface area contributed by atoms with Crippen LogP contribution in [0.5, 0.6) is 0 Å². The van der Waals surface area contributed by atoms with Crippen LogP contribution >= 0.6 is 11.6 Å². The van der Waals surface area contributed by atoms with E-state index in [2.05, 4.69) is 34.4 Å². The molecule has 0 aliphatic rings. The SMILES string of the molecule is CNc1cc(C(=O)NCC(C)(C)CN(C)C)cc(Cl)n1. The fourth-order valence-electron chi connectivity index (χ4n) is 2.09. The Morgan fingerprint density at radius 3 is 2.60 bits per heavy atom. The highest BCUT2D eigenvalue weighted by Gasteiger charge is 2.20. The number of hydrogen-bond acceptors (Lipinski definition) is 4. The number of carbonyl (C=O) groups excluding carboxylic acids is 1. The molecule has 0 saturated carbocycles. The molecule has 0 fully saturated rings. The van der Waals surface area contributed by atoms with Crippen molar-refractivity contribution in [1.82, 2.24) is 15.2 Å². The summed E-state index contributed by atoms with van der Waals surface area (Å²) in [6.07, 6.45) is 0. The lowest BCUT2D eigenvalue weighted by Crippen LogP contribution is -2.40. The van der Waals surface area contributed by atoms with Gasteiger partial charge in [0.2, 0.25) is 0 Å². The lowest BCUT2D eigenvalue weighted by atomic mass is 9.93. The number of halogens is 1. The van der Waals surface area contributed by atoms with E-state index in [1.807, 2.05) is 14.1 Å². The minimum absolute atomic E-state index is 0.00181. The first kappa shape index (κ1) is 16.7. The van der Waals surface area contributed by atoms with Crippen LogP contribution in [-0.2, 0) is 0 Å². The van der Waals surface area contributed by atoms with Crippen LogP contribution in [0.2, 0.25) is 5.15 Å². The van der Waals surface area contributed by atoms with Gasteiger partial charge in [0, 0.05) is 25.7 Å². The predicted octanol–water partition coefficient (Wildman–Crippen LogP) is 2.09. The summed E-state index contributed by atoms with van der Waals surface area (Å²) in [5.74, 6) is 0.438. The summed E-state index contributed by atoms with van der Waals surface area (Å²) in [5.41, 5.74) is 0.511. The minimum Gasteiger partial charge on any atom is -0.373 e. The molecule has 1 aromatic heterocycles. The maximum atomic E-state index is 12.2. The van der Waals surface area contributed by atoms with Crippen molar-refractivity contribution in [2.24, 2.45) is 5.41 Å². The van der Waals surface area contributed by atoms with Crippen molar-refractivity contribution in [2.45, 2.75) is 13.8 Å². The van der Waals surface area contributed by atoms with Crippen molar-refractivity contribution in [3.05, 3.63) is 22.8 Å². The lowest BCUT2D eigenvalue weighted by molar-refractivity contribution is 0.0929. The average Bonchev–Trinajstić information content (AvgIpc) is 2.33. The molecule has 112 valence electrons. The van der Waals surface area contributed by atoms with Crippen LogP contribution in [0.15, 0.2) is 12.1 Å². The molecule has 0 bridgehead atoms. The molecule has 1 rings (SSSR count). The maximum Gasteiger partial charge on any atom is 0.251 e. The zero-order valence-electron chi connectivity index (χ0n) is 12.7. The van der Waals surface area contributed by atoms with Gasteiger partial charge in [0.15, 0.2) is 0 Å². The molecule has 0 unspecified atom stereocenters. The third-order valence-electron chi connectivity index (χ3n) is 2.78. The topological polar surface area (TPSA) is 57.3 Å². The van der Waals surface area contributed by atoms with Gasteiger partial charge in [-0.15, -0.1) is 0 Å². The van der Waals surface area contributed by atoms with Crippen LogP contribution < -0.4 is 10.6 Å². The third-order valence-corrected chi connectivity index (χ3v) is 2.98. The molecule has 6 heteroatoms. The second kappa shape index (κ2) is 6.90. The molecular weight excluding hydrogens is 276 g/mol. The van der Waals surface area contributed by atoms with Gasteiger partial charge in [-0.2, -0.15) is 0 Å². The van der Waals surface area contributed by atoms with Crippen molar-refractivity contribution >= 4 is 23.3 Å². The van der Waals surface area contributed by atoms with Crippen molar-refractivity contribution in [3.63, 3.8) is 0 Å². The summed E-state index contributed by atoms with van der Waals surface area (Å²) in [6, 6.07) is 3.25. The van der Waals surface area contributed by atoms with Gasteiger partial charge in [-0.25, -0.2) is 4.98 Å². The van der Waals surface area contributed by atoms with Crippen molar-refractivity contribution in [2.75, 3.05) is 39.5 Å². The normalized spacial score (nSPS) is 11.6. The Morgan fingerprint density at radius 1 is 1.40 bits per heavy atom. The number of nitrogens with zero attached hydrogens (tertiary/aromatic N) is 2. The molecule has 5 nitrogen and oxygen atoms in total. The molecule has 1 aromatic rings. The standard InChI is InChI=1S/C14H23ClN4O/c1-14(2,9-19(4)5)8-17-13(20)10-6-11(15)18-12(7-10)16-3/h6-7H,8-9H2,1-5H3,(H,16,18)(H,17,20). The molecule has 1 amide bonds. The number of carbonyl (C=O) groups is 1. The second-order valence-electron chi connectivity index (χ2n) is 5.90. The fraction of sp³-hybridized carbons (Fsp3) is 0.571. The number of pyridine rings is 1. The first-order valence-electron chi connectivity index (χ1n) is 6.52. The number of nitrogens with one attached hydrogen (secondary N) is 2. The van der Waals surface area contributed by atoms with E-state index in [9.17, 15) is 4.79 Å². The average molecular weight is 299 g/mol. The van der Waals surface area contributed by atoms with E-state index in [4.69, 9.17) is 11.6 Å². The number of hydrogen-bond donors (Lipinski definition) is 2. The van der Waals surface area contributed by atoms with E-state index in [0.29, 0.717) is 23.1 Å². The highest BCUT2D eigenvalue weighted by Crippen LogP contribution is 2.16. The summed E-state index contributed by atoms with van der Waals surface area (Å²) < 4.78 is 0. The van der Waals surface area contributed by atoms with Crippen molar-refractivity contribution < 1.29 is 4.79 Å². The van der Waals surface area contributed by atoms with E-state index >= 15 is 0 Å². The van der Waals surface area contributed by atoms with Gasteiger partial charge < -0.3 is 15.5 Å². The third kappa shape index (κ3) is 5.35. The van der Waals surface area contributed by atoms with Gasteiger partial charge in [0.25, 0.3) is 5.91 Å². The van der Waals surface area contributed by atoms with E-state index in [-0.39, 0.29) is 11.3 Å². The zero-order valence-corrected chi connectivity index (χ0v) is 13.5. The van der Waals surface area contributed by atoms with Gasteiger partial charge >= 0.3 is 0 Å². The van der Waals surface area contributed by atoms with E-state index in [1.54, 1.807) is 19.2 Å². The summed E-state index contributed by atoms with van der Waals surface area (Å²) in [4.78, 5) is 18.3. The van der Waals surface area contributed by atoms with Gasteiger partial charge in [-0.3, -0.25) is 4.79 Å². The van der Waals surface area contributed by atoms with Crippen LogP contribution in [0, 0.1) is 5.41 Å². The smallest absolute Gasteiger partial charge is 0.251 e. The monoisotopic (exact) mass is 298 g/mol. The number of rotatable bonds is 6. The number of anilines is 1. The van der Waals surface area contributed by atoms with Crippen molar-refractivity contribution in [1.29, 1.82) is 0 Å². The van der Waals surface area contributed by atoms with Crippen LogP contribution in [-0.4, -0.2) is 50.0 Å². The number of amides is 1. The molecule has 0 aliphatic carbocycles. The van der Waals surface area contributed by atoms with Gasteiger partial charge in [-0.05, 0) is 31.6 Å². The highest BCUT2D eigenvalue weighted by atomic mass is 35.5. The first-order chi connectivity index (χ1) is 9.23. The van der Waals surface area contributed by atoms with Gasteiger partial charge in [-0.1, -0.05) is 25.4 Å². The summed E-state index contributed by atoms with van der Waals surface area (Å²) in [6.45, 7) is 5.72. The van der Waals surface area contributed by atoms with Crippen LogP contribution in [0.3, 0.4) is 0 Å². The summed E-state index contributed by atoms with van der Waals surface area (Å²) in [5, 5.41) is 6.12. The molecule has 0 aromatic carbocycles. The second-order valence-corrected chi connectivity index (χ2v) is 6.29. The molecule has 20 heavy (non-hydrogen) atoms. The Hall–Kier alpha value is -1.33. The van der Waals surface area contributed by atoms with Crippen LogP contribution in [0.25, 0.3) is 0 Å². The Morgan fingerprint density at radius 2 is 2.05 bits per heavy atom. The largest absolute Gasteiger partial charge is 0.373 e. The molecule has 0 saturated heterocycles. The van der Waals surface area contributed by atoms with E-state index in [1.165, 1.54) is 0 Å². The van der Waals surface area contributed by atoms with Crippen LogP contribution in [0.4, 0.5) is 5.82 Å². The fourth-order valence-corrected chi connectivity index (χ4v) is 2.30. The summed E-state index contributed by atoms with van der Waals surface area (Å²) >= 11 is 5.89. The molecular formula is C14H23ClN4O. The molecule has 0 spiro atoms. The first-order valence-corrected chi connectivity index (χ1v) is 6.89. The molecule has 1 heterocycles. The molecule has 0 atom stereocenters. The molecule has 0 radical (unpaired) electrons. The van der Waals surface area contributed by atoms with E-state index < -0.39 is 0 Å². The lowest BCUT2D eigenvalue weighted by Gasteiger charge is -2.28. The predicted molar refractivity (Wildman–Crippen MR) is 83.5 cm³/mol. The minimum atomic E-state index is -0.141. The van der Waals surface area contributed by atoms with Gasteiger partial charge in [0.1, 0.15) is 11.0 Å². The molecule has 2 N–H and O–H groups in total. The Balaban J connectivity index is 2.70. The number of aromatic nitrogens is 1. The Bertz CT molecular complexity index is 474. The maximum absolute atomic E-state index is 12.2.